The molecule has 0 spiro atoms. The van der Waals surface area contributed by atoms with Crippen molar-refractivity contribution in [3.8, 4) is 0 Å². The number of hydrogen-bond acceptors (Lipinski definition) is 5. The number of hydrogen-bond donors (Lipinski definition) is 1. The Hall–Kier alpha value is -0.490. The minimum absolute atomic E-state index is 0.0130. The van der Waals surface area contributed by atoms with Crippen molar-refractivity contribution in [1.29, 1.82) is 0 Å². The summed E-state index contributed by atoms with van der Waals surface area (Å²) in [6.07, 6.45) is 1.33. The molecule has 2 aliphatic rings. The van der Waals surface area contributed by atoms with Gasteiger partial charge in [-0.1, -0.05) is 20.8 Å². The number of ketones is 1. The van der Waals surface area contributed by atoms with Gasteiger partial charge in [0, 0.05) is 13.0 Å². The first-order valence-electron chi connectivity index (χ1n) is 8.66. The Labute approximate surface area is 139 Å². The molecular weight excluding hydrogens is 296 g/mol. The highest BCUT2D eigenvalue weighted by Gasteiger charge is 2.58. The molecule has 0 heterocycles. The van der Waals surface area contributed by atoms with E-state index < -0.39 is 0 Å². The number of rotatable bonds is 8. The standard InChI is InChI=1S/C18H32O5/c1-11(12(2)19)13-8-15(20)14-9-18(3,4)17(16(13)14)23-10-22-7-6-21-5/h11,13-17,20H,6-10H2,1-5H3/t11?,13-,14+,15-,16-,17+/m1/s1. The van der Waals surface area contributed by atoms with Crippen LogP contribution in [0.5, 0.6) is 0 Å². The molecule has 0 aliphatic heterocycles. The molecule has 1 unspecified atom stereocenters. The van der Waals surface area contributed by atoms with Crippen LogP contribution in [-0.4, -0.2) is 50.2 Å². The predicted octanol–water partition coefficient (Wildman–Crippen LogP) is 2.26. The quantitative estimate of drug-likeness (QED) is 0.547. The van der Waals surface area contributed by atoms with E-state index in [0.717, 1.165) is 6.42 Å². The van der Waals surface area contributed by atoms with Crippen LogP contribution >= 0.6 is 0 Å². The minimum Gasteiger partial charge on any atom is -0.393 e. The first kappa shape index (κ1) is 18.8. The van der Waals surface area contributed by atoms with Gasteiger partial charge in [-0.25, -0.2) is 0 Å². The van der Waals surface area contributed by atoms with Gasteiger partial charge in [0.2, 0.25) is 0 Å². The molecular formula is C18H32O5. The van der Waals surface area contributed by atoms with Gasteiger partial charge in [-0.15, -0.1) is 0 Å². The van der Waals surface area contributed by atoms with E-state index in [0.29, 0.717) is 19.6 Å². The van der Waals surface area contributed by atoms with Gasteiger partial charge >= 0.3 is 0 Å². The predicted molar refractivity (Wildman–Crippen MR) is 86.9 cm³/mol. The van der Waals surface area contributed by atoms with Crippen LogP contribution < -0.4 is 0 Å². The van der Waals surface area contributed by atoms with Crippen LogP contribution in [0.3, 0.4) is 0 Å². The molecule has 5 nitrogen and oxygen atoms in total. The lowest BCUT2D eigenvalue weighted by atomic mass is 9.77. The number of aliphatic hydroxyl groups excluding tert-OH is 1. The monoisotopic (exact) mass is 328 g/mol. The third-order valence-corrected chi connectivity index (χ3v) is 5.92. The zero-order chi connectivity index (χ0) is 17.2. The zero-order valence-corrected chi connectivity index (χ0v) is 15.1. The lowest BCUT2D eigenvalue weighted by Crippen LogP contribution is -2.37. The summed E-state index contributed by atoms with van der Waals surface area (Å²) in [5.41, 5.74) is -0.0177. The van der Waals surface area contributed by atoms with Crippen LogP contribution in [0, 0.1) is 29.1 Å². The Balaban J connectivity index is 2.06. The summed E-state index contributed by atoms with van der Waals surface area (Å²) >= 11 is 0. The molecule has 0 saturated heterocycles. The lowest BCUT2D eigenvalue weighted by molar-refractivity contribution is -0.142. The second kappa shape index (κ2) is 7.60. The summed E-state index contributed by atoms with van der Waals surface area (Å²) in [5.74, 6) is 0.806. The Morgan fingerprint density at radius 2 is 2.04 bits per heavy atom. The van der Waals surface area contributed by atoms with E-state index in [1.807, 2.05) is 6.92 Å². The maximum atomic E-state index is 11.9. The molecule has 1 N–H and O–H groups in total. The Morgan fingerprint density at radius 1 is 1.35 bits per heavy atom. The van der Waals surface area contributed by atoms with E-state index in [1.54, 1.807) is 14.0 Å². The van der Waals surface area contributed by atoms with Gasteiger partial charge in [0.05, 0.1) is 25.4 Å². The maximum absolute atomic E-state index is 11.9. The summed E-state index contributed by atoms with van der Waals surface area (Å²) in [5, 5.41) is 10.5. The van der Waals surface area contributed by atoms with E-state index in [4.69, 9.17) is 14.2 Å². The van der Waals surface area contributed by atoms with Crippen molar-refractivity contribution in [2.45, 2.75) is 52.7 Å². The fourth-order valence-electron chi connectivity index (χ4n) is 4.65. The van der Waals surface area contributed by atoms with E-state index in [2.05, 4.69) is 13.8 Å². The molecule has 0 aromatic rings. The number of carbonyl (C=O) groups excluding carboxylic acids is 1. The smallest absolute Gasteiger partial charge is 0.147 e. The van der Waals surface area contributed by atoms with Crippen LogP contribution in [0.4, 0.5) is 0 Å². The average molecular weight is 328 g/mol. The Bertz CT molecular complexity index is 408. The highest BCUT2D eigenvalue weighted by atomic mass is 16.7. The zero-order valence-electron chi connectivity index (χ0n) is 15.1. The summed E-state index contributed by atoms with van der Waals surface area (Å²) < 4.78 is 16.5. The molecule has 2 rings (SSSR count). The van der Waals surface area contributed by atoms with E-state index in [9.17, 15) is 9.90 Å². The number of Topliss-reactive ketones (excluding diaryl/α,β-unsaturated/α-hetero) is 1. The Morgan fingerprint density at radius 3 is 2.65 bits per heavy atom. The molecule has 0 bridgehead atoms. The van der Waals surface area contributed by atoms with Crippen molar-refractivity contribution in [3.63, 3.8) is 0 Å². The normalized spacial score (nSPS) is 36.9. The third-order valence-electron chi connectivity index (χ3n) is 5.92. The molecule has 134 valence electrons. The number of methoxy groups -OCH3 is 1. The van der Waals surface area contributed by atoms with Crippen LogP contribution in [0.1, 0.15) is 40.5 Å². The molecule has 0 radical (unpaired) electrons. The second-order valence-electron chi connectivity index (χ2n) is 7.91. The molecule has 6 atom stereocenters. The number of ether oxygens (including phenoxy) is 3. The summed E-state index contributed by atoms with van der Waals surface area (Å²) in [6, 6.07) is 0. The molecule has 2 aliphatic carbocycles. The number of aliphatic hydroxyl groups is 1. The van der Waals surface area contributed by atoms with E-state index >= 15 is 0 Å². The van der Waals surface area contributed by atoms with Gasteiger partial charge in [-0.05, 0) is 42.9 Å². The lowest BCUT2D eigenvalue weighted by Gasteiger charge is -2.34. The molecule has 23 heavy (non-hydrogen) atoms. The maximum Gasteiger partial charge on any atom is 0.147 e. The van der Waals surface area contributed by atoms with E-state index in [1.165, 1.54) is 0 Å². The van der Waals surface area contributed by atoms with Gasteiger partial charge in [-0.3, -0.25) is 4.79 Å². The van der Waals surface area contributed by atoms with Crippen LogP contribution in [-0.2, 0) is 19.0 Å². The van der Waals surface area contributed by atoms with Crippen molar-refractivity contribution < 1.29 is 24.1 Å². The average Bonchev–Trinajstić information content (AvgIpc) is 2.92. The fourth-order valence-corrected chi connectivity index (χ4v) is 4.65. The third kappa shape index (κ3) is 3.95. The van der Waals surface area contributed by atoms with E-state index in [-0.39, 0.29) is 53.9 Å². The number of carbonyl (C=O) groups is 1. The molecule has 2 fully saturated rings. The highest BCUT2D eigenvalue weighted by molar-refractivity contribution is 5.78. The fraction of sp³-hybridized carbons (Fsp3) is 0.944. The van der Waals surface area contributed by atoms with Crippen molar-refractivity contribution in [2.24, 2.45) is 29.1 Å². The van der Waals surface area contributed by atoms with Crippen LogP contribution in [0.25, 0.3) is 0 Å². The van der Waals surface area contributed by atoms with Crippen molar-refractivity contribution in [2.75, 3.05) is 27.1 Å². The summed E-state index contributed by atoms with van der Waals surface area (Å²) in [4.78, 5) is 11.9. The van der Waals surface area contributed by atoms with Gasteiger partial charge in [0.15, 0.2) is 0 Å². The van der Waals surface area contributed by atoms with Crippen molar-refractivity contribution in [3.05, 3.63) is 0 Å². The largest absolute Gasteiger partial charge is 0.393 e. The second-order valence-corrected chi connectivity index (χ2v) is 7.91. The molecule has 2 saturated carbocycles. The minimum atomic E-state index is -0.325. The van der Waals surface area contributed by atoms with Gasteiger partial charge in [0.25, 0.3) is 0 Å². The van der Waals surface area contributed by atoms with Gasteiger partial charge in [0.1, 0.15) is 12.6 Å². The first-order chi connectivity index (χ1) is 10.8. The molecule has 0 amide bonds. The molecule has 0 aromatic heterocycles. The molecule has 0 aromatic carbocycles. The van der Waals surface area contributed by atoms with Crippen molar-refractivity contribution in [1.82, 2.24) is 0 Å². The first-order valence-corrected chi connectivity index (χ1v) is 8.66. The molecule has 5 heteroatoms. The number of fused-ring (bicyclic) bond motifs is 1. The van der Waals surface area contributed by atoms with Crippen LogP contribution in [0.2, 0.25) is 0 Å². The van der Waals surface area contributed by atoms with Crippen molar-refractivity contribution >= 4 is 5.78 Å². The highest BCUT2D eigenvalue weighted by Crippen LogP contribution is 2.57. The Kier molecular flexibility index (Phi) is 6.22. The summed E-state index contributed by atoms with van der Waals surface area (Å²) in [6.45, 7) is 9.30. The summed E-state index contributed by atoms with van der Waals surface area (Å²) in [7, 11) is 1.64. The van der Waals surface area contributed by atoms with Gasteiger partial charge in [-0.2, -0.15) is 0 Å². The topological polar surface area (TPSA) is 65.0 Å². The SMILES string of the molecule is COCCOCO[C@H]1[C@H]2[C@@H](CC1(C)C)[C@H](O)C[C@@H]2C(C)C(C)=O. The van der Waals surface area contributed by atoms with Crippen LogP contribution in [0.15, 0.2) is 0 Å². The van der Waals surface area contributed by atoms with Gasteiger partial charge < -0.3 is 19.3 Å².